The molecule has 1 saturated heterocycles. The number of aromatic nitrogens is 3. The van der Waals surface area contributed by atoms with E-state index >= 15 is 0 Å². The number of hydrogen-bond acceptors (Lipinski definition) is 7. The molecule has 7 nitrogen and oxygen atoms in total. The highest BCUT2D eigenvalue weighted by molar-refractivity contribution is 8.01. The molecule has 28 heavy (non-hydrogen) atoms. The third-order valence-corrected chi connectivity index (χ3v) is 6.44. The summed E-state index contributed by atoms with van der Waals surface area (Å²) in [6.45, 7) is 7.66. The SMILES string of the molecule is CCSc1nnc(NC(=O)/C(C#N)=C/c2cc(C)n(C[C@H]3CCCO3)c2C)s1. The van der Waals surface area contributed by atoms with Crippen LogP contribution in [0.4, 0.5) is 5.13 Å². The lowest BCUT2D eigenvalue weighted by Gasteiger charge is -2.14. The van der Waals surface area contributed by atoms with Gasteiger partial charge in [0, 0.05) is 24.5 Å². The molecule has 148 valence electrons. The minimum absolute atomic E-state index is 0.0391. The molecule has 0 spiro atoms. The molecule has 1 atom stereocenters. The summed E-state index contributed by atoms with van der Waals surface area (Å²) < 4.78 is 8.71. The maximum Gasteiger partial charge on any atom is 0.268 e. The van der Waals surface area contributed by atoms with Crippen molar-refractivity contribution in [3.63, 3.8) is 0 Å². The summed E-state index contributed by atoms with van der Waals surface area (Å²) in [5.41, 5.74) is 3.01. The molecule has 1 amide bonds. The first-order valence-electron chi connectivity index (χ1n) is 9.19. The molecular formula is C19H23N5O2S2. The third kappa shape index (κ3) is 4.82. The summed E-state index contributed by atoms with van der Waals surface area (Å²) in [6, 6.07) is 3.99. The molecule has 1 aliphatic rings. The molecule has 1 fully saturated rings. The van der Waals surface area contributed by atoms with Crippen LogP contribution in [-0.2, 0) is 16.1 Å². The van der Waals surface area contributed by atoms with Gasteiger partial charge in [-0.2, -0.15) is 5.26 Å². The number of carbonyl (C=O) groups excluding carboxylic acids is 1. The van der Waals surface area contributed by atoms with Crippen LogP contribution in [0.2, 0.25) is 0 Å². The van der Waals surface area contributed by atoms with Crippen LogP contribution in [-0.4, -0.2) is 39.1 Å². The van der Waals surface area contributed by atoms with Gasteiger partial charge in [-0.25, -0.2) is 0 Å². The van der Waals surface area contributed by atoms with Gasteiger partial charge in [0.25, 0.3) is 5.91 Å². The van der Waals surface area contributed by atoms with Crippen molar-refractivity contribution in [1.29, 1.82) is 5.26 Å². The number of ether oxygens (including phenoxy) is 1. The van der Waals surface area contributed by atoms with Crippen molar-refractivity contribution in [3.8, 4) is 6.07 Å². The Kier molecular flexibility index (Phi) is 6.88. The van der Waals surface area contributed by atoms with Crippen LogP contribution >= 0.6 is 23.1 Å². The lowest BCUT2D eigenvalue weighted by atomic mass is 10.1. The van der Waals surface area contributed by atoms with Crippen molar-refractivity contribution in [3.05, 3.63) is 28.6 Å². The Hall–Kier alpha value is -2.15. The Bertz CT molecular complexity index is 919. The molecule has 2 aromatic rings. The summed E-state index contributed by atoms with van der Waals surface area (Å²) in [5, 5.41) is 20.5. The highest BCUT2D eigenvalue weighted by atomic mass is 32.2. The zero-order valence-corrected chi connectivity index (χ0v) is 17.8. The number of nitrogens with zero attached hydrogens (tertiary/aromatic N) is 4. The van der Waals surface area contributed by atoms with E-state index in [1.54, 1.807) is 17.8 Å². The van der Waals surface area contributed by atoms with E-state index < -0.39 is 5.91 Å². The lowest BCUT2D eigenvalue weighted by Crippen LogP contribution is -2.17. The van der Waals surface area contributed by atoms with Gasteiger partial charge in [-0.15, -0.1) is 10.2 Å². The third-order valence-electron chi connectivity index (χ3n) is 4.58. The normalized spacial score (nSPS) is 16.9. The number of nitriles is 1. The number of rotatable bonds is 7. The Morgan fingerprint density at radius 3 is 3.04 bits per heavy atom. The number of anilines is 1. The van der Waals surface area contributed by atoms with Gasteiger partial charge in [0.1, 0.15) is 11.6 Å². The number of thioether (sulfide) groups is 1. The summed E-state index contributed by atoms with van der Waals surface area (Å²) in [6.07, 6.45) is 4.02. The minimum atomic E-state index is -0.476. The molecule has 0 aromatic carbocycles. The van der Waals surface area contributed by atoms with Crippen LogP contribution in [0.1, 0.15) is 36.7 Å². The number of carbonyl (C=O) groups is 1. The van der Waals surface area contributed by atoms with Crippen LogP contribution in [0.5, 0.6) is 0 Å². The maximum absolute atomic E-state index is 12.5. The predicted molar refractivity (Wildman–Crippen MR) is 111 cm³/mol. The number of hydrogen-bond donors (Lipinski definition) is 1. The molecule has 0 unspecified atom stereocenters. The van der Waals surface area contributed by atoms with Crippen molar-refractivity contribution in [2.45, 2.75) is 50.6 Å². The molecule has 3 heterocycles. The second-order valence-electron chi connectivity index (χ2n) is 6.50. The second-order valence-corrected chi connectivity index (χ2v) is 8.99. The Morgan fingerprint density at radius 1 is 1.54 bits per heavy atom. The first-order valence-corrected chi connectivity index (χ1v) is 11.0. The first kappa shape index (κ1) is 20.6. The molecule has 1 N–H and O–H groups in total. The first-order chi connectivity index (χ1) is 13.5. The van der Waals surface area contributed by atoms with Gasteiger partial charge in [0.15, 0.2) is 4.34 Å². The molecule has 0 aliphatic carbocycles. The second kappa shape index (κ2) is 9.37. The van der Waals surface area contributed by atoms with Crippen molar-refractivity contribution < 1.29 is 9.53 Å². The smallest absolute Gasteiger partial charge is 0.268 e. The van der Waals surface area contributed by atoms with Crippen LogP contribution in [0.3, 0.4) is 0 Å². The van der Waals surface area contributed by atoms with Crippen LogP contribution in [0.25, 0.3) is 6.08 Å². The fourth-order valence-corrected chi connectivity index (χ4v) is 4.80. The molecule has 3 rings (SSSR count). The Morgan fingerprint density at radius 2 is 2.36 bits per heavy atom. The highest BCUT2D eigenvalue weighted by Gasteiger charge is 2.19. The van der Waals surface area contributed by atoms with Gasteiger partial charge >= 0.3 is 0 Å². The van der Waals surface area contributed by atoms with E-state index in [0.717, 1.165) is 53.0 Å². The van der Waals surface area contributed by atoms with E-state index in [2.05, 4.69) is 20.1 Å². The molecule has 9 heteroatoms. The summed E-state index contributed by atoms with van der Waals surface area (Å²) in [4.78, 5) is 12.5. The fraction of sp³-hybridized carbons (Fsp3) is 0.474. The predicted octanol–water partition coefficient (Wildman–Crippen LogP) is 3.79. The number of nitrogens with one attached hydrogen (secondary N) is 1. The van der Waals surface area contributed by atoms with E-state index in [1.807, 2.05) is 32.9 Å². The fourth-order valence-electron chi connectivity index (χ4n) is 3.16. The van der Waals surface area contributed by atoms with Crippen LogP contribution in [0.15, 0.2) is 16.0 Å². The van der Waals surface area contributed by atoms with E-state index in [1.165, 1.54) is 11.3 Å². The Labute approximate surface area is 172 Å². The molecule has 2 aromatic heterocycles. The average Bonchev–Trinajstić information content (AvgIpc) is 3.39. The van der Waals surface area contributed by atoms with Gasteiger partial charge in [-0.1, -0.05) is 30.0 Å². The molecule has 0 saturated carbocycles. The van der Waals surface area contributed by atoms with E-state index in [4.69, 9.17) is 4.74 Å². The van der Waals surface area contributed by atoms with E-state index in [9.17, 15) is 10.1 Å². The van der Waals surface area contributed by atoms with Gasteiger partial charge in [0.2, 0.25) is 5.13 Å². The van der Waals surface area contributed by atoms with E-state index in [-0.39, 0.29) is 11.7 Å². The zero-order chi connectivity index (χ0) is 20.1. The lowest BCUT2D eigenvalue weighted by molar-refractivity contribution is -0.112. The van der Waals surface area contributed by atoms with Crippen LogP contribution in [0, 0.1) is 25.2 Å². The minimum Gasteiger partial charge on any atom is -0.376 e. The van der Waals surface area contributed by atoms with Crippen LogP contribution < -0.4 is 5.32 Å². The van der Waals surface area contributed by atoms with Crippen molar-refractivity contribution >= 4 is 40.2 Å². The van der Waals surface area contributed by atoms with Gasteiger partial charge in [-0.3, -0.25) is 10.1 Å². The van der Waals surface area contributed by atoms with E-state index in [0.29, 0.717) is 5.13 Å². The van der Waals surface area contributed by atoms with Crippen molar-refractivity contribution in [2.24, 2.45) is 0 Å². The quantitative estimate of drug-likeness (QED) is 0.319. The van der Waals surface area contributed by atoms with Gasteiger partial charge in [-0.05, 0) is 50.1 Å². The maximum atomic E-state index is 12.5. The Balaban J connectivity index is 1.75. The largest absolute Gasteiger partial charge is 0.376 e. The summed E-state index contributed by atoms with van der Waals surface area (Å²) in [7, 11) is 0. The highest BCUT2D eigenvalue weighted by Crippen LogP contribution is 2.26. The molecule has 1 aliphatic heterocycles. The molecule has 0 bridgehead atoms. The van der Waals surface area contributed by atoms with Gasteiger partial charge < -0.3 is 9.30 Å². The molecule has 0 radical (unpaired) electrons. The standard InChI is InChI=1S/C19H23N5O2S2/c1-4-27-19-23-22-18(28-19)21-17(25)15(10-20)9-14-8-12(2)24(13(14)3)11-16-6-5-7-26-16/h8-9,16H,4-7,11H2,1-3H3,(H,21,22,25)/b15-9+/t16-/m1/s1. The average molecular weight is 418 g/mol. The molecular weight excluding hydrogens is 394 g/mol. The summed E-state index contributed by atoms with van der Waals surface area (Å²) >= 11 is 2.86. The topological polar surface area (TPSA) is 92.8 Å². The monoisotopic (exact) mass is 417 g/mol. The van der Waals surface area contributed by atoms with Gasteiger partial charge in [0.05, 0.1) is 6.10 Å². The zero-order valence-electron chi connectivity index (χ0n) is 16.2. The number of amides is 1. The summed E-state index contributed by atoms with van der Waals surface area (Å²) in [5.74, 6) is 0.406. The van der Waals surface area contributed by atoms with Crippen molar-refractivity contribution in [1.82, 2.24) is 14.8 Å². The number of aryl methyl sites for hydroxylation is 1. The van der Waals surface area contributed by atoms with Crippen molar-refractivity contribution in [2.75, 3.05) is 17.7 Å².